The van der Waals surface area contributed by atoms with Crippen LogP contribution in [-0.4, -0.2) is 65.4 Å². The molecule has 2 N–H and O–H groups in total. The smallest absolute Gasteiger partial charge is 0.191 e. The molecule has 1 unspecified atom stereocenters. The van der Waals surface area contributed by atoms with Crippen LogP contribution < -0.4 is 10.6 Å². The molecule has 130 valence electrons. The molecule has 7 nitrogen and oxygen atoms in total. The van der Waals surface area contributed by atoms with E-state index < -0.39 is 0 Å². The molecule has 1 aromatic heterocycles. The number of rotatable bonds is 9. The second kappa shape index (κ2) is 8.86. The summed E-state index contributed by atoms with van der Waals surface area (Å²) in [5.74, 6) is 2.74. The molecule has 0 radical (unpaired) electrons. The Morgan fingerprint density at radius 3 is 2.78 bits per heavy atom. The minimum atomic E-state index is 0.551. The maximum Gasteiger partial charge on any atom is 0.191 e. The van der Waals surface area contributed by atoms with Gasteiger partial charge in [-0.05, 0) is 39.8 Å². The van der Waals surface area contributed by atoms with E-state index in [0.29, 0.717) is 6.04 Å². The van der Waals surface area contributed by atoms with E-state index in [1.165, 1.54) is 12.8 Å². The summed E-state index contributed by atoms with van der Waals surface area (Å²) in [6.07, 6.45) is 5.38. The standard InChI is InChI=1S/C16H31N7/c1-5-15-21-20-12-23(15)10-9-18-16(17-6-2)19-11-14(22(3)4)13-7-8-13/h12-14H,5-11H2,1-4H3,(H2,17,18,19). The molecule has 7 heteroatoms. The minimum Gasteiger partial charge on any atom is -0.357 e. The SMILES string of the molecule is CCNC(=NCC(C1CC1)N(C)C)NCCn1cnnc1CC. The van der Waals surface area contributed by atoms with Gasteiger partial charge in [-0.25, -0.2) is 0 Å². The van der Waals surface area contributed by atoms with Crippen LogP contribution in [0.2, 0.25) is 0 Å². The van der Waals surface area contributed by atoms with E-state index in [1.807, 2.05) is 0 Å². The highest BCUT2D eigenvalue weighted by Gasteiger charge is 2.32. The van der Waals surface area contributed by atoms with Gasteiger partial charge < -0.3 is 20.1 Å². The van der Waals surface area contributed by atoms with Crippen molar-refractivity contribution in [2.45, 2.75) is 45.7 Å². The molecule has 0 bridgehead atoms. The average Bonchev–Trinajstić information content (AvgIpc) is 3.25. The number of hydrogen-bond acceptors (Lipinski definition) is 4. The fourth-order valence-electron chi connectivity index (χ4n) is 2.78. The van der Waals surface area contributed by atoms with Gasteiger partial charge in [0.05, 0.1) is 6.54 Å². The van der Waals surface area contributed by atoms with Crippen molar-refractivity contribution >= 4 is 5.96 Å². The quantitative estimate of drug-likeness (QED) is 0.518. The van der Waals surface area contributed by atoms with Crippen molar-refractivity contribution in [1.82, 2.24) is 30.3 Å². The lowest BCUT2D eigenvalue weighted by molar-refractivity contribution is 0.271. The number of guanidine groups is 1. The van der Waals surface area contributed by atoms with Crippen LogP contribution >= 0.6 is 0 Å². The van der Waals surface area contributed by atoms with Crippen molar-refractivity contribution in [1.29, 1.82) is 0 Å². The maximum absolute atomic E-state index is 4.77. The first-order valence-electron chi connectivity index (χ1n) is 8.71. The molecule has 0 saturated heterocycles. The zero-order chi connectivity index (χ0) is 16.7. The Morgan fingerprint density at radius 2 is 2.17 bits per heavy atom. The van der Waals surface area contributed by atoms with E-state index >= 15 is 0 Å². The molecular weight excluding hydrogens is 290 g/mol. The van der Waals surface area contributed by atoms with Crippen molar-refractivity contribution in [2.75, 3.05) is 33.7 Å². The van der Waals surface area contributed by atoms with Gasteiger partial charge in [-0.2, -0.15) is 0 Å². The Labute approximate surface area is 139 Å². The van der Waals surface area contributed by atoms with E-state index in [1.54, 1.807) is 6.33 Å². The summed E-state index contributed by atoms with van der Waals surface area (Å²) in [6.45, 7) is 7.57. The zero-order valence-electron chi connectivity index (χ0n) is 14.9. The maximum atomic E-state index is 4.77. The molecular formula is C16H31N7. The molecule has 1 aliphatic rings. The van der Waals surface area contributed by atoms with Gasteiger partial charge in [0.2, 0.25) is 0 Å². The number of aromatic nitrogens is 3. The fraction of sp³-hybridized carbons (Fsp3) is 0.812. The summed E-state index contributed by atoms with van der Waals surface area (Å²) in [6, 6.07) is 0.551. The van der Waals surface area contributed by atoms with Crippen molar-refractivity contribution in [3.05, 3.63) is 12.2 Å². The third-order valence-corrected chi connectivity index (χ3v) is 4.27. The first-order chi connectivity index (χ1) is 11.2. The summed E-state index contributed by atoms with van der Waals surface area (Å²) in [4.78, 5) is 7.07. The van der Waals surface area contributed by atoms with Gasteiger partial charge in [0.25, 0.3) is 0 Å². The van der Waals surface area contributed by atoms with Crippen molar-refractivity contribution in [2.24, 2.45) is 10.9 Å². The van der Waals surface area contributed by atoms with Gasteiger partial charge >= 0.3 is 0 Å². The fourth-order valence-corrected chi connectivity index (χ4v) is 2.78. The largest absolute Gasteiger partial charge is 0.357 e. The predicted octanol–water partition coefficient (Wildman–Crippen LogP) is 0.736. The molecule has 0 aliphatic heterocycles. The van der Waals surface area contributed by atoms with E-state index in [4.69, 9.17) is 4.99 Å². The lowest BCUT2D eigenvalue weighted by Gasteiger charge is -2.23. The third kappa shape index (κ3) is 5.49. The van der Waals surface area contributed by atoms with Crippen LogP contribution in [0.4, 0.5) is 0 Å². The Bertz CT molecular complexity index is 488. The van der Waals surface area contributed by atoms with Gasteiger partial charge in [-0.1, -0.05) is 6.92 Å². The Hall–Kier alpha value is -1.63. The van der Waals surface area contributed by atoms with Crippen LogP contribution in [0.15, 0.2) is 11.3 Å². The Balaban J connectivity index is 1.83. The molecule has 0 spiro atoms. The number of likely N-dealkylation sites (N-methyl/N-ethyl adjacent to an activating group) is 1. The molecule has 1 fully saturated rings. The predicted molar refractivity (Wildman–Crippen MR) is 93.6 cm³/mol. The molecule has 1 aliphatic carbocycles. The van der Waals surface area contributed by atoms with Crippen LogP contribution in [0.1, 0.15) is 32.5 Å². The lowest BCUT2D eigenvalue weighted by atomic mass is 10.2. The monoisotopic (exact) mass is 321 g/mol. The van der Waals surface area contributed by atoms with Crippen LogP contribution in [0.25, 0.3) is 0 Å². The van der Waals surface area contributed by atoms with Crippen molar-refractivity contribution in [3.8, 4) is 0 Å². The summed E-state index contributed by atoms with van der Waals surface area (Å²) in [5, 5.41) is 14.8. The summed E-state index contributed by atoms with van der Waals surface area (Å²) in [7, 11) is 4.30. The first-order valence-corrected chi connectivity index (χ1v) is 8.71. The van der Waals surface area contributed by atoms with Gasteiger partial charge in [-0.3, -0.25) is 4.99 Å². The second-order valence-electron chi connectivity index (χ2n) is 6.31. The summed E-state index contributed by atoms with van der Waals surface area (Å²) in [5.41, 5.74) is 0. The Kier molecular flexibility index (Phi) is 6.83. The summed E-state index contributed by atoms with van der Waals surface area (Å²) < 4.78 is 2.09. The zero-order valence-corrected chi connectivity index (χ0v) is 14.9. The molecule has 23 heavy (non-hydrogen) atoms. The number of aliphatic imine (C=N–C) groups is 1. The normalized spacial score (nSPS) is 16.7. The molecule has 0 amide bonds. The van der Waals surface area contributed by atoms with Gasteiger partial charge in [0.1, 0.15) is 12.2 Å². The second-order valence-corrected chi connectivity index (χ2v) is 6.31. The number of nitrogens with zero attached hydrogens (tertiary/aromatic N) is 5. The molecule has 1 aromatic rings. The molecule has 1 atom stereocenters. The molecule has 2 rings (SSSR count). The van der Waals surface area contributed by atoms with Crippen LogP contribution in [0.5, 0.6) is 0 Å². The van der Waals surface area contributed by atoms with Crippen molar-refractivity contribution in [3.63, 3.8) is 0 Å². The average molecular weight is 321 g/mol. The lowest BCUT2D eigenvalue weighted by Crippen LogP contribution is -2.41. The first kappa shape index (κ1) is 17.7. The Morgan fingerprint density at radius 1 is 1.39 bits per heavy atom. The van der Waals surface area contributed by atoms with Crippen LogP contribution in [0, 0.1) is 5.92 Å². The highest BCUT2D eigenvalue weighted by Crippen LogP contribution is 2.34. The highest BCUT2D eigenvalue weighted by molar-refractivity contribution is 5.79. The van der Waals surface area contributed by atoms with E-state index in [0.717, 1.165) is 50.3 Å². The third-order valence-electron chi connectivity index (χ3n) is 4.27. The van der Waals surface area contributed by atoms with Crippen LogP contribution in [-0.2, 0) is 13.0 Å². The molecule has 1 heterocycles. The highest BCUT2D eigenvalue weighted by atomic mass is 15.3. The molecule has 1 saturated carbocycles. The topological polar surface area (TPSA) is 70.4 Å². The van der Waals surface area contributed by atoms with E-state index in [9.17, 15) is 0 Å². The minimum absolute atomic E-state index is 0.551. The van der Waals surface area contributed by atoms with E-state index in [2.05, 4.69) is 58.2 Å². The van der Waals surface area contributed by atoms with Gasteiger partial charge in [0.15, 0.2) is 5.96 Å². The van der Waals surface area contributed by atoms with Gasteiger partial charge in [-0.15, -0.1) is 10.2 Å². The molecule has 0 aromatic carbocycles. The van der Waals surface area contributed by atoms with Gasteiger partial charge in [0, 0.05) is 32.1 Å². The van der Waals surface area contributed by atoms with E-state index in [-0.39, 0.29) is 0 Å². The summed E-state index contributed by atoms with van der Waals surface area (Å²) >= 11 is 0. The number of hydrogen-bond donors (Lipinski definition) is 2. The van der Waals surface area contributed by atoms with Crippen LogP contribution in [0.3, 0.4) is 0 Å². The number of aryl methyl sites for hydroxylation is 1. The van der Waals surface area contributed by atoms with Crippen molar-refractivity contribution < 1.29 is 0 Å². The number of nitrogens with one attached hydrogen (secondary N) is 2.